The van der Waals surface area contributed by atoms with Crippen molar-refractivity contribution in [2.75, 3.05) is 14.2 Å². The quantitative estimate of drug-likeness (QED) is 0.674. The van der Waals surface area contributed by atoms with Crippen LogP contribution in [0.3, 0.4) is 0 Å². The predicted molar refractivity (Wildman–Crippen MR) is 105 cm³/mol. The molecule has 0 aliphatic heterocycles. The third kappa shape index (κ3) is 4.62. The van der Waals surface area contributed by atoms with Crippen molar-refractivity contribution in [3.63, 3.8) is 0 Å². The summed E-state index contributed by atoms with van der Waals surface area (Å²) in [5, 5.41) is 5.69. The second kappa shape index (κ2) is 8.64. The minimum Gasteiger partial charge on any atom is -0.497 e. The first-order chi connectivity index (χ1) is 13.1. The third-order valence-corrected chi connectivity index (χ3v) is 4.98. The van der Waals surface area contributed by atoms with Crippen LogP contribution in [0.4, 0.5) is 0 Å². The number of benzene rings is 1. The zero-order chi connectivity index (χ0) is 19.2. The van der Waals surface area contributed by atoms with Gasteiger partial charge < -0.3 is 14.8 Å². The minimum absolute atomic E-state index is 0.0989. The van der Waals surface area contributed by atoms with Gasteiger partial charge >= 0.3 is 0 Å². The van der Waals surface area contributed by atoms with Crippen LogP contribution >= 0.6 is 11.3 Å². The second-order valence-electron chi connectivity index (χ2n) is 5.93. The maximum atomic E-state index is 12.4. The van der Waals surface area contributed by atoms with E-state index in [0.29, 0.717) is 11.5 Å². The summed E-state index contributed by atoms with van der Waals surface area (Å²) in [6.45, 7) is 1.92. The molecule has 0 saturated carbocycles. The lowest BCUT2D eigenvalue weighted by Crippen LogP contribution is -2.28. The van der Waals surface area contributed by atoms with E-state index in [0.717, 1.165) is 22.0 Å². The van der Waals surface area contributed by atoms with Crippen molar-refractivity contribution >= 4 is 17.2 Å². The normalized spacial score (nSPS) is 11.7. The lowest BCUT2D eigenvalue weighted by Gasteiger charge is -2.18. The van der Waals surface area contributed by atoms with E-state index < -0.39 is 0 Å². The molecule has 0 bridgehead atoms. The molecule has 3 rings (SSSR count). The molecule has 2 aromatic heterocycles. The Labute approximate surface area is 162 Å². The number of nitrogens with zero attached hydrogens (tertiary/aromatic N) is 2. The molecule has 0 saturated heterocycles. The number of thiazole rings is 1. The molecule has 0 fully saturated rings. The number of ether oxygens (including phenoxy) is 2. The van der Waals surface area contributed by atoms with Gasteiger partial charge in [0.05, 0.1) is 38.1 Å². The lowest BCUT2D eigenvalue weighted by atomic mass is 10.1. The van der Waals surface area contributed by atoms with E-state index in [-0.39, 0.29) is 18.4 Å². The van der Waals surface area contributed by atoms with Gasteiger partial charge in [-0.2, -0.15) is 0 Å². The Bertz CT molecular complexity index is 912. The molecular weight excluding hydrogens is 362 g/mol. The second-order valence-corrected chi connectivity index (χ2v) is 6.79. The van der Waals surface area contributed by atoms with E-state index in [2.05, 4.69) is 15.3 Å². The number of rotatable bonds is 7. The fourth-order valence-electron chi connectivity index (χ4n) is 2.71. The topological polar surface area (TPSA) is 73.3 Å². The van der Waals surface area contributed by atoms with E-state index in [1.165, 1.54) is 11.3 Å². The minimum atomic E-state index is -0.202. The van der Waals surface area contributed by atoms with E-state index >= 15 is 0 Å². The zero-order valence-electron chi connectivity index (χ0n) is 15.4. The van der Waals surface area contributed by atoms with E-state index in [4.69, 9.17) is 9.47 Å². The smallest absolute Gasteiger partial charge is 0.226 e. The highest BCUT2D eigenvalue weighted by atomic mass is 32.1. The standard InChI is InChI=1S/C20H21N3O3S/c1-13(16-8-7-15(25-2)11-18(16)26-3)22-19(24)10-14-12-27-20(23-14)17-6-4-5-9-21-17/h4-9,11-13H,10H2,1-3H3,(H,22,24). The monoisotopic (exact) mass is 383 g/mol. The molecule has 0 aliphatic rings. The Morgan fingerprint density at radius 2 is 2.07 bits per heavy atom. The molecular formula is C20H21N3O3S. The van der Waals surface area contributed by atoms with Crippen LogP contribution in [0.1, 0.15) is 24.2 Å². The maximum Gasteiger partial charge on any atom is 0.226 e. The lowest BCUT2D eigenvalue weighted by molar-refractivity contribution is -0.121. The van der Waals surface area contributed by atoms with Crippen LogP contribution in [0.25, 0.3) is 10.7 Å². The number of pyridine rings is 1. The average molecular weight is 383 g/mol. The molecule has 140 valence electrons. The van der Waals surface area contributed by atoms with Crippen LogP contribution < -0.4 is 14.8 Å². The van der Waals surface area contributed by atoms with E-state index in [1.54, 1.807) is 26.5 Å². The van der Waals surface area contributed by atoms with Crippen LogP contribution in [-0.4, -0.2) is 30.1 Å². The highest BCUT2D eigenvalue weighted by molar-refractivity contribution is 7.13. The molecule has 0 spiro atoms. The molecule has 0 aliphatic carbocycles. The number of carbonyl (C=O) groups is 1. The summed E-state index contributed by atoms with van der Waals surface area (Å²) in [6.07, 6.45) is 1.94. The molecule has 1 unspecified atom stereocenters. The summed E-state index contributed by atoms with van der Waals surface area (Å²) < 4.78 is 10.6. The van der Waals surface area contributed by atoms with Crippen LogP contribution in [0.2, 0.25) is 0 Å². The summed E-state index contributed by atoms with van der Waals surface area (Å²) in [7, 11) is 3.20. The van der Waals surface area contributed by atoms with Crippen LogP contribution in [0.5, 0.6) is 11.5 Å². The molecule has 1 aromatic carbocycles. The zero-order valence-corrected chi connectivity index (χ0v) is 16.2. The molecule has 1 atom stereocenters. The number of amides is 1. The first kappa shape index (κ1) is 18.8. The van der Waals surface area contributed by atoms with Gasteiger partial charge in [-0.25, -0.2) is 4.98 Å². The third-order valence-electron chi connectivity index (χ3n) is 4.06. The number of aromatic nitrogens is 2. The van der Waals surface area contributed by atoms with Crippen molar-refractivity contribution < 1.29 is 14.3 Å². The number of carbonyl (C=O) groups excluding carboxylic acids is 1. The Kier molecular flexibility index (Phi) is 6.03. The summed E-state index contributed by atoms with van der Waals surface area (Å²) in [4.78, 5) is 21.2. The van der Waals surface area contributed by atoms with Gasteiger partial charge in [0.25, 0.3) is 0 Å². The molecule has 7 heteroatoms. The van der Waals surface area contributed by atoms with Crippen LogP contribution in [0.15, 0.2) is 48.0 Å². The maximum absolute atomic E-state index is 12.4. The van der Waals surface area contributed by atoms with Crippen molar-refractivity contribution in [3.05, 3.63) is 59.2 Å². The first-order valence-electron chi connectivity index (χ1n) is 8.47. The van der Waals surface area contributed by atoms with Gasteiger partial charge in [-0.05, 0) is 31.2 Å². The predicted octanol–water partition coefficient (Wildman–Crippen LogP) is 3.64. The number of nitrogens with one attached hydrogen (secondary N) is 1. The van der Waals surface area contributed by atoms with Gasteiger partial charge in [-0.15, -0.1) is 11.3 Å². The van der Waals surface area contributed by atoms with E-state index in [9.17, 15) is 4.79 Å². The Balaban J connectivity index is 1.65. The highest BCUT2D eigenvalue weighted by Gasteiger charge is 2.16. The molecule has 27 heavy (non-hydrogen) atoms. The molecule has 2 heterocycles. The SMILES string of the molecule is COc1ccc(C(C)NC(=O)Cc2csc(-c3ccccn3)n2)c(OC)c1. The van der Waals surface area contributed by atoms with Gasteiger partial charge in [0.15, 0.2) is 0 Å². The van der Waals surface area contributed by atoms with Gasteiger partial charge in [0, 0.05) is 23.2 Å². The molecule has 1 amide bonds. The Hall–Kier alpha value is -2.93. The largest absolute Gasteiger partial charge is 0.497 e. The number of hydrogen-bond donors (Lipinski definition) is 1. The summed E-state index contributed by atoms with van der Waals surface area (Å²) >= 11 is 1.48. The fraction of sp³-hybridized carbons (Fsp3) is 0.250. The van der Waals surface area contributed by atoms with Crippen LogP contribution in [-0.2, 0) is 11.2 Å². The van der Waals surface area contributed by atoms with Crippen molar-refractivity contribution in [3.8, 4) is 22.2 Å². The summed E-state index contributed by atoms with van der Waals surface area (Å²) in [6, 6.07) is 11.0. The fourth-order valence-corrected chi connectivity index (χ4v) is 3.50. The van der Waals surface area contributed by atoms with Gasteiger partial charge in [-0.1, -0.05) is 6.07 Å². The van der Waals surface area contributed by atoms with Crippen LogP contribution in [0, 0.1) is 0 Å². The first-order valence-corrected chi connectivity index (χ1v) is 9.35. The molecule has 1 N–H and O–H groups in total. The molecule has 0 radical (unpaired) electrons. The van der Waals surface area contributed by atoms with Gasteiger partial charge in [0.2, 0.25) is 5.91 Å². The number of hydrogen-bond acceptors (Lipinski definition) is 6. The van der Waals surface area contributed by atoms with Crippen molar-refractivity contribution in [2.45, 2.75) is 19.4 Å². The Morgan fingerprint density at radius 1 is 1.22 bits per heavy atom. The Morgan fingerprint density at radius 3 is 2.78 bits per heavy atom. The average Bonchev–Trinajstić information content (AvgIpc) is 3.16. The van der Waals surface area contributed by atoms with Crippen molar-refractivity contribution in [2.24, 2.45) is 0 Å². The highest BCUT2D eigenvalue weighted by Crippen LogP contribution is 2.29. The van der Waals surface area contributed by atoms with Crippen molar-refractivity contribution in [1.82, 2.24) is 15.3 Å². The molecule has 3 aromatic rings. The van der Waals surface area contributed by atoms with Gasteiger partial charge in [-0.3, -0.25) is 9.78 Å². The summed E-state index contributed by atoms with van der Waals surface area (Å²) in [5.41, 5.74) is 2.43. The molecule has 6 nitrogen and oxygen atoms in total. The van der Waals surface area contributed by atoms with Crippen molar-refractivity contribution in [1.29, 1.82) is 0 Å². The number of methoxy groups -OCH3 is 2. The summed E-state index contributed by atoms with van der Waals surface area (Å²) in [5.74, 6) is 1.28. The van der Waals surface area contributed by atoms with Gasteiger partial charge in [0.1, 0.15) is 16.5 Å². The van der Waals surface area contributed by atoms with E-state index in [1.807, 2.05) is 42.6 Å².